The van der Waals surface area contributed by atoms with Crippen molar-refractivity contribution in [3.63, 3.8) is 0 Å². The molecule has 3 aromatic rings. The van der Waals surface area contributed by atoms with Crippen LogP contribution in [0.4, 0.5) is 5.82 Å². The summed E-state index contributed by atoms with van der Waals surface area (Å²) < 4.78 is 5.41. The van der Waals surface area contributed by atoms with E-state index >= 15 is 0 Å². The van der Waals surface area contributed by atoms with Gasteiger partial charge in [0.2, 0.25) is 5.28 Å². The summed E-state index contributed by atoms with van der Waals surface area (Å²) in [5.74, 6) is 1.19. The Balaban J connectivity index is 1.57. The van der Waals surface area contributed by atoms with E-state index < -0.39 is 0 Å². The number of halogens is 1. The number of fused-ring (bicyclic) bond motifs is 1. The molecule has 158 valence electrons. The lowest BCUT2D eigenvalue weighted by Gasteiger charge is -2.33. The normalized spacial score (nSPS) is 15.2. The van der Waals surface area contributed by atoms with Crippen molar-refractivity contribution >= 4 is 44.9 Å². The molecule has 5 nitrogen and oxygen atoms in total. The van der Waals surface area contributed by atoms with Gasteiger partial charge in [-0.15, -0.1) is 11.3 Å². The van der Waals surface area contributed by atoms with E-state index in [1.807, 2.05) is 20.8 Å². The molecule has 0 bridgehead atoms. The van der Waals surface area contributed by atoms with Crippen molar-refractivity contribution in [3.05, 3.63) is 51.6 Å². The van der Waals surface area contributed by atoms with Crippen molar-refractivity contribution in [2.75, 3.05) is 18.0 Å². The van der Waals surface area contributed by atoms with Crippen molar-refractivity contribution in [2.24, 2.45) is 5.92 Å². The fraction of sp³-hybridized carbons (Fsp3) is 0.435. The highest BCUT2D eigenvalue weighted by molar-refractivity contribution is 7.20. The second-order valence-corrected chi connectivity index (χ2v) is 9.46. The van der Waals surface area contributed by atoms with Crippen LogP contribution in [0.25, 0.3) is 10.2 Å². The van der Waals surface area contributed by atoms with E-state index in [4.69, 9.17) is 16.3 Å². The lowest BCUT2D eigenvalue weighted by molar-refractivity contribution is 0.0383. The minimum atomic E-state index is -0.311. The monoisotopic (exact) mass is 443 g/mol. The first-order valence-corrected chi connectivity index (χ1v) is 11.6. The van der Waals surface area contributed by atoms with Gasteiger partial charge < -0.3 is 9.64 Å². The maximum Gasteiger partial charge on any atom is 0.348 e. The van der Waals surface area contributed by atoms with Crippen LogP contribution in [0.2, 0.25) is 5.28 Å². The van der Waals surface area contributed by atoms with Crippen LogP contribution in [-0.4, -0.2) is 35.1 Å². The molecule has 0 radical (unpaired) electrons. The summed E-state index contributed by atoms with van der Waals surface area (Å²) >= 11 is 7.58. The van der Waals surface area contributed by atoms with Gasteiger partial charge in [0.25, 0.3) is 0 Å². The Labute approximate surface area is 186 Å². The Kier molecular flexibility index (Phi) is 6.25. The van der Waals surface area contributed by atoms with E-state index in [-0.39, 0.29) is 17.4 Å². The molecule has 1 saturated heterocycles. The van der Waals surface area contributed by atoms with E-state index in [2.05, 4.69) is 45.2 Å². The molecule has 1 fully saturated rings. The molecule has 4 rings (SSSR count). The molecule has 2 aromatic heterocycles. The average Bonchev–Trinajstić information content (AvgIpc) is 3.05. The summed E-state index contributed by atoms with van der Waals surface area (Å²) in [6.07, 6.45) is 3.14. The van der Waals surface area contributed by atoms with Crippen LogP contribution in [-0.2, 0) is 11.2 Å². The van der Waals surface area contributed by atoms with Crippen LogP contribution in [0.3, 0.4) is 0 Å². The van der Waals surface area contributed by atoms with Crippen LogP contribution >= 0.6 is 22.9 Å². The second kappa shape index (κ2) is 8.90. The van der Waals surface area contributed by atoms with Gasteiger partial charge in [0.1, 0.15) is 15.5 Å². The van der Waals surface area contributed by atoms with Gasteiger partial charge in [-0.2, -0.15) is 4.98 Å². The van der Waals surface area contributed by atoms with Crippen molar-refractivity contribution in [2.45, 2.75) is 46.1 Å². The molecule has 0 spiro atoms. The number of carbonyl (C=O) groups is 1. The zero-order valence-corrected chi connectivity index (χ0v) is 19.1. The number of hydrogen-bond donors (Lipinski definition) is 0. The number of thiophene rings is 1. The fourth-order valence-electron chi connectivity index (χ4n) is 4.08. The predicted octanol–water partition coefficient (Wildman–Crippen LogP) is 5.68. The number of nitrogens with zero attached hydrogens (tertiary/aromatic N) is 3. The molecule has 7 heteroatoms. The lowest BCUT2D eigenvalue weighted by Crippen LogP contribution is -2.35. The quantitative estimate of drug-likeness (QED) is 0.375. The van der Waals surface area contributed by atoms with Gasteiger partial charge in [-0.3, -0.25) is 0 Å². The number of carbonyl (C=O) groups excluding carboxylic acids is 1. The number of rotatable bonds is 5. The second-order valence-electron chi connectivity index (χ2n) is 8.13. The van der Waals surface area contributed by atoms with Gasteiger partial charge >= 0.3 is 5.97 Å². The maximum absolute atomic E-state index is 12.5. The highest BCUT2D eigenvalue weighted by atomic mass is 35.5. The molecule has 0 atom stereocenters. The molecule has 3 heterocycles. The van der Waals surface area contributed by atoms with Crippen LogP contribution in [0, 0.1) is 12.8 Å². The third-order valence-corrected chi connectivity index (χ3v) is 6.89. The van der Waals surface area contributed by atoms with Crippen molar-refractivity contribution in [1.29, 1.82) is 0 Å². The number of ether oxygens (including phenoxy) is 1. The molecule has 0 N–H and O–H groups in total. The van der Waals surface area contributed by atoms with Gasteiger partial charge in [0.05, 0.1) is 11.5 Å². The Morgan fingerprint density at radius 1 is 1.23 bits per heavy atom. The van der Waals surface area contributed by atoms with Gasteiger partial charge in [-0.1, -0.05) is 30.3 Å². The van der Waals surface area contributed by atoms with Crippen LogP contribution < -0.4 is 4.90 Å². The van der Waals surface area contributed by atoms with Crippen molar-refractivity contribution in [3.8, 4) is 0 Å². The summed E-state index contributed by atoms with van der Waals surface area (Å²) in [6, 6.07) is 10.7. The molecule has 0 saturated carbocycles. The van der Waals surface area contributed by atoms with E-state index in [1.165, 1.54) is 16.9 Å². The number of aromatic nitrogens is 2. The third kappa shape index (κ3) is 4.44. The van der Waals surface area contributed by atoms with E-state index in [9.17, 15) is 4.79 Å². The molecule has 1 aromatic carbocycles. The number of hydrogen-bond acceptors (Lipinski definition) is 6. The van der Waals surface area contributed by atoms with Gasteiger partial charge in [-0.25, -0.2) is 9.78 Å². The topological polar surface area (TPSA) is 55.3 Å². The van der Waals surface area contributed by atoms with Crippen LogP contribution in [0.5, 0.6) is 0 Å². The molecule has 0 aliphatic carbocycles. The van der Waals surface area contributed by atoms with Gasteiger partial charge in [0.15, 0.2) is 0 Å². The summed E-state index contributed by atoms with van der Waals surface area (Å²) in [5, 5.41) is 1.13. The van der Waals surface area contributed by atoms with E-state index in [0.717, 1.165) is 53.9 Å². The molecule has 0 unspecified atom stereocenters. The molecule has 1 aliphatic rings. The minimum absolute atomic E-state index is 0.167. The van der Waals surface area contributed by atoms with Gasteiger partial charge in [0, 0.05) is 13.1 Å². The molecule has 0 amide bonds. The number of piperidine rings is 1. The Morgan fingerprint density at radius 2 is 1.93 bits per heavy atom. The zero-order valence-electron chi connectivity index (χ0n) is 17.5. The first-order valence-electron chi connectivity index (χ1n) is 10.4. The first kappa shape index (κ1) is 21.1. The number of esters is 1. The SMILES string of the molecule is Cc1c(C(=O)OC(C)C)sc2nc(Cl)nc(N3CCC(Cc4ccccc4)CC3)c12. The zero-order chi connectivity index (χ0) is 21.3. The average molecular weight is 444 g/mol. The third-order valence-electron chi connectivity index (χ3n) is 5.55. The maximum atomic E-state index is 12.5. The minimum Gasteiger partial charge on any atom is -0.459 e. The van der Waals surface area contributed by atoms with E-state index in [1.54, 1.807) is 0 Å². The number of aryl methyl sites for hydroxylation is 1. The highest BCUT2D eigenvalue weighted by Crippen LogP contribution is 2.38. The Hall–Kier alpha value is -2.18. The van der Waals surface area contributed by atoms with E-state index in [0.29, 0.717) is 10.8 Å². The van der Waals surface area contributed by atoms with Crippen molar-refractivity contribution in [1.82, 2.24) is 9.97 Å². The smallest absolute Gasteiger partial charge is 0.348 e. The highest BCUT2D eigenvalue weighted by Gasteiger charge is 2.27. The Bertz CT molecular complexity index is 1040. The molecular formula is C23H26ClN3O2S. The van der Waals surface area contributed by atoms with Crippen LogP contribution in [0.1, 0.15) is 47.5 Å². The van der Waals surface area contributed by atoms with Crippen molar-refractivity contribution < 1.29 is 9.53 Å². The van der Waals surface area contributed by atoms with Crippen LogP contribution in [0.15, 0.2) is 30.3 Å². The lowest BCUT2D eigenvalue weighted by atomic mass is 9.90. The molecule has 1 aliphatic heterocycles. The first-order chi connectivity index (χ1) is 14.4. The summed E-state index contributed by atoms with van der Waals surface area (Å²) in [4.78, 5) is 25.1. The van der Waals surface area contributed by atoms with Gasteiger partial charge in [-0.05, 0) is 68.7 Å². The Morgan fingerprint density at radius 3 is 2.60 bits per heavy atom. The molecule has 30 heavy (non-hydrogen) atoms. The number of benzene rings is 1. The standard InChI is InChI=1S/C23H26ClN3O2S/c1-14(2)29-22(28)19-15(3)18-20(25-23(24)26-21(18)30-19)27-11-9-17(10-12-27)13-16-7-5-4-6-8-16/h4-8,14,17H,9-13H2,1-3H3. The fourth-order valence-corrected chi connectivity index (χ4v) is 5.35. The molecular weight excluding hydrogens is 418 g/mol. The largest absolute Gasteiger partial charge is 0.459 e. The summed E-state index contributed by atoms with van der Waals surface area (Å²) in [5.41, 5.74) is 2.27. The summed E-state index contributed by atoms with van der Waals surface area (Å²) in [7, 11) is 0. The predicted molar refractivity (Wildman–Crippen MR) is 123 cm³/mol. The number of anilines is 1. The summed E-state index contributed by atoms with van der Waals surface area (Å²) in [6.45, 7) is 7.48.